The van der Waals surface area contributed by atoms with Gasteiger partial charge in [-0.2, -0.15) is 4.31 Å². The van der Waals surface area contributed by atoms with Gasteiger partial charge in [0.25, 0.3) is 0 Å². The highest BCUT2D eigenvalue weighted by Gasteiger charge is 2.23. The van der Waals surface area contributed by atoms with Crippen molar-refractivity contribution in [2.45, 2.75) is 18.2 Å². The zero-order chi connectivity index (χ0) is 16.0. The Morgan fingerprint density at radius 1 is 1.48 bits per heavy atom. The number of aromatic carboxylic acids is 1. The fourth-order valence-electron chi connectivity index (χ4n) is 1.63. The summed E-state index contributed by atoms with van der Waals surface area (Å²) in [6, 6.07) is 3.82. The number of likely N-dealkylation sites (N-methyl/N-ethyl adjacent to an activating group) is 1. The van der Waals surface area contributed by atoms with Crippen LogP contribution in [0, 0.1) is 0 Å². The SMILES string of the molecule is C=CCN(C)S(=O)(=O)c1ccc(OCCC)c(C(=O)O)c1. The van der Waals surface area contributed by atoms with Crippen molar-refractivity contribution in [3.63, 3.8) is 0 Å². The van der Waals surface area contributed by atoms with Crippen LogP contribution in [-0.4, -0.2) is 44.0 Å². The molecule has 0 saturated heterocycles. The Labute approximate surface area is 124 Å². The van der Waals surface area contributed by atoms with Gasteiger partial charge >= 0.3 is 5.97 Å². The summed E-state index contributed by atoms with van der Waals surface area (Å²) in [5.74, 6) is -1.07. The minimum atomic E-state index is -3.75. The smallest absolute Gasteiger partial charge is 0.339 e. The topological polar surface area (TPSA) is 83.9 Å². The number of carboxylic acid groups (broad SMARTS) is 1. The second-order valence-electron chi connectivity index (χ2n) is 4.39. The largest absolute Gasteiger partial charge is 0.493 e. The van der Waals surface area contributed by atoms with E-state index in [0.717, 1.165) is 16.8 Å². The highest BCUT2D eigenvalue weighted by Crippen LogP contribution is 2.24. The quantitative estimate of drug-likeness (QED) is 0.742. The first-order valence-electron chi connectivity index (χ1n) is 6.42. The van der Waals surface area contributed by atoms with Crippen LogP contribution < -0.4 is 4.74 Å². The third kappa shape index (κ3) is 4.05. The van der Waals surface area contributed by atoms with Crippen molar-refractivity contribution < 1.29 is 23.1 Å². The molecule has 0 fully saturated rings. The highest BCUT2D eigenvalue weighted by molar-refractivity contribution is 7.89. The van der Waals surface area contributed by atoms with Crippen LogP contribution in [0.15, 0.2) is 35.7 Å². The Morgan fingerprint density at radius 2 is 2.14 bits per heavy atom. The van der Waals surface area contributed by atoms with Crippen LogP contribution in [0.5, 0.6) is 5.75 Å². The van der Waals surface area contributed by atoms with Crippen molar-refractivity contribution in [1.82, 2.24) is 4.31 Å². The Balaban J connectivity index is 3.25. The first-order valence-corrected chi connectivity index (χ1v) is 7.86. The van der Waals surface area contributed by atoms with E-state index >= 15 is 0 Å². The minimum absolute atomic E-state index is 0.0897. The normalized spacial score (nSPS) is 11.4. The van der Waals surface area contributed by atoms with E-state index in [2.05, 4.69) is 6.58 Å². The fourth-order valence-corrected chi connectivity index (χ4v) is 2.80. The van der Waals surface area contributed by atoms with Gasteiger partial charge in [0.15, 0.2) is 0 Å². The summed E-state index contributed by atoms with van der Waals surface area (Å²) in [4.78, 5) is 11.2. The number of ether oxygens (including phenoxy) is 1. The number of carbonyl (C=O) groups is 1. The molecule has 0 spiro atoms. The lowest BCUT2D eigenvalue weighted by Crippen LogP contribution is -2.27. The van der Waals surface area contributed by atoms with Gasteiger partial charge in [-0.25, -0.2) is 13.2 Å². The summed E-state index contributed by atoms with van der Waals surface area (Å²) >= 11 is 0. The monoisotopic (exact) mass is 313 g/mol. The summed E-state index contributed by atoms with van der Waals surface area (Å²) in [5, 5.41) is 9.19. The molecule has 0 aliphatic carbocycles. The summed E-state index contributed by atoms with van der Waals surface area (Å²) in [7, 11) is -2.35. The molecule has 6 nitrogen and oxygen atoms in total. The fraction of sp³-hybridized carbons (Fsp3) is 0.357. The van der Waals surface area contributed by atoms with Crippen LogP contribution in [0.2, 0.25) is 0 Å². The number of carboxylic acids is 1. The van der Waals surface area contributed by atoms with E-state index in [1.807, 2.05) is 6.92 Å². The van der Waals surface area contributed by atoms with E-state index in [1.54, 1.807) is 0 Å². The van der Waals surface area contributed by atoms with Gasteiger partial charge < -0.3 is 9.84 Å². The molecule has 0 saturated carbocycles. The predicted molar refractivity (Wildman–Crippen MR) is 79.2 cm³/mol. The van der Waals surface area contributed by atoms with Gasteiger partial charge in [0.1, 0.15) is 11.3 Å². The first-order chi connectivity index (χ1) is 9.84. The summed E-state index contributed by atoms with van der Waals surface area (Å²) < 4.78 is 30.9. The van der Waals surface area contributed by atoms with Gasteiger partial charge in [-0.15, -0.1) is 6.58 Å². The molecule has 0 amide bonds. The maximum Gasteiger partial charge on any atom is 0.339 e. The lowest BCUT2D eigenvalue weighted by Gasteiger charge is -2.16. The molecule has 7 heteroatoms. The number of hydrogen-bond donors (Lipinski definition) is 1. The molecule has 0 aliphatic heterocycles. The van der Waals surface area contributed by atoms with Gasteiger partial charge in [-0.3, -0.25) is 0 Å². The maximum atomic E-state index is 12.3. The Kier molecular flexibility index (Phi) is 5.92. The molecular weight excluding hydrogens is 294 g/mol. The van der Waals surface area contributed by atoms with Gasteiger partial charge in [0.05, 0.1) is 11.5 Å². The van der Waals surface area contributed by atoms with Gasteiger partial charge in [-0.1, -0.05) is 13.0 Å². The van der Waals surface area contributed by atoms with E-state index in [4.69, 9.17) is 4.74 Å². The number of benzene rings is 1. The van der Waals surface area contributed by atoms with Crippen molar-refractivity contribution in [3.05, 3.63) is 36.4 Å². The van der Waals surface area contributed by atoms with Gasteiger partial charge in [-0.05, 0) is 24.6 Å². The summed E-state index contributed by atoms with van der Waals surface area (Å²) in [5.41, 5.74) is -0.170. The van der Waals surface area contributed by atoms with Crippen molar-refractivity contribution >= 4 is 16.0 Å². The molecule has 1 rings (SSSR count). The van der Waals surface area contributed by atoms with Crippen LogP contribution in [0.1, 0.15) is 23.7 Å². The second-order valence-corrected chi connectivity index (χ2v) is 6.43. The van der Waals surface area contributed by atoms with Gasteiger partial charge in [0, 0.05) is 13.6 Å². The zero-order valence-corrected chi connectivity index (χ0v) is 12.9. The third-order valence-corrected chi connectivity index (χ3v) is 4.56. The molecule has 1 aromatic rings. The van der Waals surface area contributed by atoms with Crippen molar-refractivity contribution in [3.8, 4) is 5.75 Å². The third-order valence-electron chi connectivity index (χ3n) is 2.74. The Bertz CT molecular complexity index is 624. The molecule has 1 N–H and O–H groups in total. The first kappa shape index (κ1) is 17.2. The van der Waals surface area contributed by atoms with Crippen molar-refractivity contribution in [2.75, 3.05) is 20.2 Å². The van der Waals surface area contributed by atoms with Gasteiger partial charge in [0.2, 0.25) is 10.0 Å². The van der Waals surface area contributed by atoms with Crippen LogP contribution in [0.4, 0.5) is 0 Å². The molecule has 0 radical (unpaired) electrons. The number of sulfonamides is 1. The molecule has 0 aliphatic rings. The van der Waals surface area contributed by atoms with E-state index in [0.29, 0.717) is 6.61 Å². The average molecular weight is 313 g/mol. The summed E-state index contributed by atoms with van der Waals surface area (Å²) in [6.45, 7) is 5.88. The maximum absolute atomic E-state index is 12.3. The molecule has 0 heterocycles. The van der Waals surface area contributed by atoms with Crippen LogP contribution in [0.25, 0.3) is 0 Å². The molecule has 0 atom stereocenters. The lowest BCUT2D eigenvalue weighted by atomic mass is 10.2. The average Bonchev–Trinajstić information content (AvgIpc) is 2.44. The molecule has 0 unspecified atom stereocenters. The molecule has 0 aromatic heterocycles. The Hall–Kier alpha value is -1.86. The van der Waals surface area contributed by atoms with Crippen molar-refractivity contribution in [2.24, 2.45) is 0 Å². The number of hydrogen-bond acceptors (Lipinski definition) is 4. The summed E-state index contributed by atoms with van der Waals surface area (Å²) in [6.07, 6.45) is 2.18. The molecule has 21 heavy (non-hydrogen) atoms. The Morgan fingerprint density at radius 3 is 2.67 bits per heavy atom. The van der Waals surface area contributed by atoms with Crippen molar-refractivity contribution in [1.29, 1.82) is 0 Å². The van der Waals surface area contributed by atoms with Crippen LogP contribution in [-0.2, 0) is 10.0 Å². The number of nitrogens with zero attached hydrogens (tertiary/aromatic N) is 1. The second kappa shape index (κ2) is 7.24. The highest BCUT2D eigenvalue weighted by atomic mass is 32.2. The molecular formula is C14H19NO5S. The van der Waals surface area contributed by atoms with E-state index in [-0.39, 0.29) is 22.8 Å². The molecule has 0 bridgehead atoms. The van der Waals surface area contributed by atoms with E-state index in [9.17, 15) is 18.3 Å². The minimum Gasteiger partial charge on any atom is -0.493 e. The number of rotatable bonds is 8. The molecule has 1 aromatic carbocycles. The predicted octanol–water partition coefficient (Wildman–Crippen LogP) is 1.98. The lowest BCUT2D eigenvalue weighted by molar-refractivity contribution is 0.0692. The van der Waals surface area contributed by atoms with Crippen LogP contribution in [0.3, 0.4) is 0 Å². The van der Waals surface area contributed by atoms with E-state index < -0.39 is 16.0 Å². The standard InChI is InChI=1S/C14H19NO5S/c1-4-8-15(3)21(18,19)11-6-7-13(20-9-5-2)12(10-11)14(16)17/h4,6-7,10H,1,5,8-9H2,2-3H3,(H,16,17). The van der Waals surface area contributed by atoms with Crippen LogP contribution >= 0.6 is 0 Å². The van der Waals surface area contributed by atoms with E-state index in [1.165, 1.54) is 25.3 Å². The zero-order valence-electron chi connectivity index (χ0n) is 12.1. The molecule has 116 valence electrons.